The number of nitrogens with two attached hydrogens (primary N) is 2. The van der Waals surface area contributed by atoms with Gasteiger partial charge in [0.15, 0.2) is 0 Å². The van der Waals surface area contributed by atoms with Crippen molar-refractivity contribution in [1.29, 1.82) is 0 Å². The van der Waals surface area contributed by atoms with Crippen molar-refractivity contribution >= 4 is 17.3 Å². The third-order valence-electron chi connectivity index (χ3n) is 2.96. The first-order valence-electron chi connectivity index (χ1n) is 5.90. The molecule has 2 aromatic rings. The summed E-state index contributed by atoms with van der Waals surface area (Å²) in [6.45, 7) is 2.53. The van der Waals surface area contributed by atoms with E-state index in [2.05, 4.69) is 10.4 Å². The Labute approximate surface area is 111 Å². The molecule has 0 fully saturated rings. The number of aryl methyl sites for hydroxylation is 2. The Morgan fingerprint density at radius 2 is 2.21 bits per heavy atom. The number of carbonyl (C=O) groups is 1. The fourth-order valence-corrected chi connectivity index (χ4v) is 1.95. The quantitative estimate of drug-likeness (QED) is 0.714. The van der Waals surface area contributed by atoms with Gasteiger partial charge in [-0.05, 0) is 19.1 Å². The summed E-state index contributed by atoms with van der Waals surface area (Å²) in [6.07, 6.45) is 1.94. The minimum absolute atomic E-state index is 0.327. The summed E-state index contributed by atoms with van der Waals surface area (Å²) in [5.41, 5.74) is 14.6. The first-order valence-corrected chi connectivity index (χ1v) is 5.90. The predicted octanol–water partition coefficient (Wildman–Crippen LogP) is 1.02. The maximum Gasteiger partial charge on any atom is 0.250 e. The topological polar surface area (TPSA) is 99.0 Å². The molecule has 0 aliphatic carbocycles. The molecule has 0 bridgehead atoms. The number of primary amides is 1. The fraction of sp³-hybridized carbons (Fsp3) is 0.231. The number of para-hydroxylation sites is 1. The lowest BCUT2D eigenvalue weighted by Crippen LogP contribution is -2.14. The Kier molecular flexibility index (Phi) is 3.41. The smallest absolute Gasteiger partial charge is 0.250 e. The maximum absolute atomic E-state index is 11.2. The highest BCUT2D eigenvalue weighted by molar-refractivity contribution is 6.00. The molecule has 19 heavy (non-hydrogen) atoms. The van der Waals surface area contributed by atoms with Gasteiger partial charge in [-0.25, -0.2) is 0 Å². The van der Waals surface area contributed by atoms with Crippen molar-refractivity contribution < 1.29 is 4.79 Å². The number of rotatable bonds is 4. The molecule has 1 aromatic carbocycles. The van der Waals surface area contributed by atoms with Crippen molar-refractivity contribution in [3.63, 3.8) is 0 Å². The van der Waals surface area contributed by atoms with E-state index in [-0.39, 0.29) is 0 Å². The number of anilines is 2. The van der Waals surface area contributed by atoms with Crippen molar-refractivity contribution in [3.05, 3.63) is 41.2 Å². The molecule has 1 heterocycles. The molecule has 6 heteroatoms. The molecule has 0 spiro atoms. The van der Waals surface area contributed by atoms with E-state index in [4.69, 9.17) is 11.5 Å². The van der Waals surface area contributed by atoms with Gasteiger partial charge in [-0.1, -0.05) is 6.07 Å². The molecule has 1 aromatic heterocycles. The third kappa shape index (κ3) is 2.67. The number of nitrogens with one attached hydrogen (secondary N) is 1. The van der Waals surface area contributed by atoms with Crippen LogP contribution in [0.4, 0.5) is 11.4 Å². The van der Waals surface area contributed by atoms with Crippen LogP contribution in [0.3, 0.4) is 0 Å². The van der Waals surface area contributed by atoms with Gasteiger partial charge in [0.05, 0.1) is 22.6 Å². The van der Waals surface area contributed by atoms with E-state index in [1.807, 2.05) is 26.2 Å². The second-order valence-electron chi connectivity index (χ2n) is 4.40. The Balaban J connectivity index is 2.18. The van der Waals surface area contributed by atoms with Crippen LogP contribution in [-0.4, -0.2) is 15.7 Å². The molecule has 2 rings (SSSR count). The number of nitrogen functional groups attached to an aromatic ring is 1. The first-order chi connectivity index (χ1) is 8.99. The highest BCUT2D eigenvalue weighted by Gasteiger charge is 2.10. The molecule has 0 atom stereocenters. The van der Waals surface area contributed by atoms with Crippen LogP contribution in [0, 0.1) is 6.92 Å². The number of nitrogens with zero attached hydrogens (tertiary/aromatic N) is 2. The van der Waals surface area contributed by atoms with E-state index in [0.717, 1.165) is 11.3 Å². The number of carbonyl (C=O) groups excluding carboxylic acids is 1. The number of benzene rings is 1. The Hall–Kier alpha value is -2.50. The van der Waals surface area contributed by atoms with Crippen molar-refractivity contribution in [2.75, 3.05) is 11.1 Å². The second-order valence-corrected chi connectivity index (χ2v) is 4.40. The maximum atomic E-state index is 11.2. The molecule has 6 nitrogen and oxygen atoms in total. The van der Waals surface area contributed by atoms with E-state index in [9.17, 15) is 4.79 Å². The molecule has 0 saturated carbocycles. The number of amides is 1. The van der Waals surface area contributed by atoms with Crippen molar-refractivity contribution in [2.45, 2.75) is 13.5 Å². The highest BCUT2D eigenvalue weighted by Crippen LogP contribution is 2.23. The highest BCUT2D eigenvalue weighted by atomic mass is 16.1. The lowest BCUT2D eigenvalue weighted by Gasteiger charge is -2.11. The molecule has 0 unspecified atom stereocenters. The summed E-state index contributed by atoms with van der Waals surface area (Å²) in [5, 5.41) is 7.46. The van der Waals surface area contributed by atoms with Gasteiger partial charge >= 0.3 is 0 Å². The van der Waals surface area contributed by atoms with Crippen molar-refractivity contribution in [2.24, 2.45) is 12.8 Å². The van der Waals surface area contributed by atoms with Gasteiger partial charge in [0.2, 0.25) is 0 Å². The van der Waals surface area contributed by atoms with Crippen molar-refractivity contribution in [3.8, 4) is 0 Å². The van der Waals surface area contributed by atoms with Crippen LogP contribution in [-0.2, 0) is 13.6 Å². The summed E-state index contributed by atoms with van der Waals surface area (Å²) in [5.74, 6) is -0.529. The zero-order valence-corrected chi connectivity index (χ0v) is 11.0. The molecule has 0 radical (unpaired) electrons. The summed E-state index contributed by atoms with van der Waals surface area (Å²) >= 11 is 0. The van der Waals surface area contributed by atoms with E-state index in [1.54, 1.807) is 16.8 Å². The lowest BCUT2D eigenvalue weighted by atomic mass is 10.1. The molecule has 100 valence electrons. The number of hydrogen-bond acceptors (Lipinski definition) is 4. The van der Waals surface area contributed by atoms with Crippen LogP contribution < -0.4 is 16.8 Å². The standard InChI is InChI=1S/C13H17N5O/c1-8-9(7-18(2)17-8)6-16-11-5-3-4-10(12(11)14)13(15)19/h3-5,7,16H,6,14H2,1-2H3,(H2,15,19). The van der Waals surface area contributed by atoms with Gasteiger partial charge in [0, 0.05) is 25.4 Å². The SMILES string of the molecule is Cc1nn(C)cc1CNc1cccc(C(N)=O)c1N. The normalized spacial score (nSPS) is 10.4. The minimum atomic E-state index is -0.529. The first kappa shape index (κ1) is 12.9. The van der Waals surface area contributed by atoms with Gasteiger partial charge in [-0.2, -0.15) is 5.10 Å². The van der Waals surface area contributed by atoms with Crippen LogP contribution in [0.25, 0.3) is 0 Å². The molecule has 1 amide bonds. The number of hydrogen-bond donors (Lipinski definition) is 3. The summed E-state index contributed by atoms with van der Waals surface area (Å²) < 4.78 is 1.76. The van der Waals surface area contributed by atoms with Gasteiger partial charge in [0.25, 0.3) is 5.91 Å². The van der Waals surface area contributed by atoms with E-state index in [1.165, 1.54) is 0 Å². The van der Waals surface area contributed by atoms with E-state index in [0.29, 0.717) is 23.5 Å². The average Bonchev–Trinajstić information content (AvgIpc) is 2.66. The number of aromatic nitrogens is 2. The second kappa shape index (κ2) is 5.01. The van der Waals surface area contributed by atoms with Crippen LogP contribution in [0.1, 0.15) is 21.6 Å². The Morgan fingerprint density at radius 1 is 1.47 bits per heavy atom. The van der Waals surface area contributed by atoms with Gasteiger partial charge < -0.3 is 16.8 Å². The Morgan fingerprint density at radius 3 is 2.79 bits per heavy atom. The van der Waals surface area contributed by atoms with E-state index < -0.39 is 5.91 Å². The molecule has 5 N–H and O–H groups in total. The third-order valence-corrected chi connectivity index (χ3v) is 2.96. The molecule has 0 aliphatic rings. The molecular formula is C13H17N5O. The van der Waals surface area contributed by atoms with Crippen LogP contribution in [0.5, 0.6) is 0 Å². The zero-order chi connectivity index (χ0) is 14.0. The van der Waals surface area contributed by atoms with Gasteiger partial charge in [-0.15, -0.1) is 0 Å². The van der Waals surface area contributed by atoms with E-state index >= 15 is 0 Å². The van der Waals surface area contributed by atoms with Gasteiger partial charge in [-0.3, -0.25) is 9.48 Å². The Bertz CT molecular complexity index is 617. The van der Waals surface area contributed by atoms with Crippen LogP contribution in [0.15, 0.2) is 24.4 Å². The zero-order valence-electron chi connectivity index (χ0n) is 11.0. The molecular weight excluding hydrogens is 242 g/mol. The lowest BCUT2D eigenvalue weighted by molar-refractivity contribution is 0.100. The minimum Gasteiger partial charge on any atom is -0.396 e. The monoisotopic (exact) mass is 259 g/mol. The predicted molar refractivity (Wildman–Crippen MR) is 74.6 cm³/mol. The summed E-state index contributed by atoms with van der Waals surface area (Å²) in [7, 11) is 1.87. The van der Waals surface area contributed by atoms with Crippen LogP contribution >= 0.6 is 0 Å². The summed E-state index contributed by atoms with van der Waals surface area (Å²) in [4.78, 5) is 11.2. The molecule has 0 aliphatic heterocycles. The average molecular weight is 259 g/mol. The molecule has 0 saturated heterocycles. The summed E-state index contributed by atoms with van der Waals surface area (Å²) in [6, 6.07) is 5.17. The largest absolute Gasteiger partial charge is 0.396 e. The van der Waals surface area contributed by atoms with Gasteiger partial charge in [0.1, 0.15) is 0 Å². The fourth-order valence-electron chi connectivity index (χ4n) is 1.95. The van der Waals surface area contributed by atoms with Crippen molar-refractivity contribution in [1.82, 2.24) is 9.78 Å². The van der Waals surface area contributed by atoms with Crippen LogP contribution in [0.2, 0.25) is 0 Å².